The van der Waals surface area contributed by atoms with Gasteiger partial charge in [0.2, 0.25) is 5.91 Å². The molecule has 128 valence electrons. The first kappa shape index (κ1) is 18.1. The van der Waals surface area contributed by atoms with Crippen LogP contribution in [0, 0.1) is 6.92 Å². The monoisotopic (exact) mass is 359 g/mol. The van der Waals surface area contributed by atoms with Crippen LogP contribution in [0.5, 0.6) is 5.75 Å². The molecule has 23 heavy (non-hydrogen) atoms. The molecule has 0 bridgehead atoms. The number of carbonyl (C=O) groups is 1. The highest BCUT2D eigenvalue weighted by atomic mass is 35.5. The van der Waals surface area contributed by atoms with Crippen molar-refractivity contribution in [1.82, 2.24) is 5.32 Å². The third-order valence-corrected chi connectivity index (χ3v) is 6.03. The number of ether oxygens (including phenoxy) is 1. The van der Waals surface area contributed by atoms with Gasteiger partial charge in [-0.05, 0) is 50.5 Å². The summed E-state index contributed by atoms with van der Waals surface area (Å²) in [5, 5.41) is 3.50. The van der Waals surface area contributed by atoms with Crippen molar-refractivity contribution in [2.75, 3.05) is 18.1 Å². The zero-order valence-corrected chi connectivity index (χ0v) is 15.0. The maximum atomic E-state index is 12.0. The maximum absolute atomic E-state index is 12.0. The molecule has 7 heteroatoms. The fraction of sp³-hybridized carbons (Fsp3) is 0.562. The Morgan fingerprint density at radius 1 is 1.43 bits per heavy atom. The van der Waals surface area contributed by atoms with Gasteiger partial charge >= 0.3 is 0 Å². The quantitative estimate of drug-likeness (QED) is 0.792. The van der Waals surface area contributed by atoms with Crippen LogP contribution in [0.25, 0.3) is 0 Å². The van der Waals surface area contributed by atoms with Crippen LogP contribution in [-0.4, -0.2) is 38.0 Å². The molecule has 0 aliphatic carbocycles. The second-order valence-corrected chi connectivity index (χ2v) is 8.93. The lowest BCUT2D eigenvalue weighted by Crippen LogP contribution is -2.46. The van der Waals surface area contributed by atoms with Gasteiger partial charge in [0.15, 0.2) is 9.84 Å². The van der Waals surface area contributed by atoms with Crippen molar-refractivity contribution in [1.29, 1.82) is 0 Å². The number of sulfone groups is 1. The summed E-state index contributed by atoms with van der Waals surface area (Å²) in [7, 11) is -3.02. The standard InChI is InChI=1S/C16H22ClNO4S/c1-12-10-13(17)5-6-14(12)22-8-3-4-15(19)18-16(2)7-9-23(20,21)11-16/h5-6,10H,3-4,7-9,11H2,1-2H3,(H,18,19)/t16-/m0/s1. The van der Waals surface area contributed by atoms with Crippen LogP contribution in [0.3, 0.4) is 0 Å². The van der Waals surface area contributed by atoms with Gasteiger partial charge in [0.1, 0.15) is 5.75 Å². The van der Waals surface area contributed by atoms with E-state index in [-0.39, 0.29) is 17.4 Å². The van der Waals surface area contributed by atoms with Crippen molar-refractivity contribution < 1.29 is 17.9 Å². The van der Waals surface area contributed by atoms with Gasteiger partial charge in [-0.25, -0.2) is 8.42 Å². The minimum atomic E-state index is -3.02. The summed E-state index contributed by atoms with van der Waals surface area (Å²) >= 11 is 5.88. The molecule has 1 N–H and O–H groups in total. The van der Waals surface area contributed by atoms with E-state index in [1.807, 2.05) is 19.1 Å². The SMILES string of the molecule is Cc1cc(Cl)ccc1OCCCC(=O)N[C@@]1(C)CCS(=O)(=O)C1. The molecule has 1 heterocycles. The molecule has 1 aromatic carbocycles. The molecular weight excluding hydrogens is 338 g/mol. The molecule has 0 unspecified atom stereocenters. The van der Waals surface area contributed by atoms with E-state index in [2.05, 4.69) is 5.32 Å². The Kier molecular flexibility index (Phi) is 5.57. The molecule has 1 amide bonds. The highest BCUT2D eigenvalue weighted by molar-refractivity contribution is 7.91. The number of benzene rings is 1. The minimum Gasteiger partial charge on any atom is -0.493 e. The Labute approximate surface area is 142 Å². The Morgan fingerprint density at radius 3 is 2.78 bits per heavy atom. The van der Waals surface area contributed by atoms with E-state index in [1.54, 1.807) is 13.0 Å². The number of carbonyl (C=O) groups excluding carboxylic acids is 1. The molecule has 0 aromatic heterocycles. The third kappa shape index (κ3) is 5.39. The maximum Gasteiger partial charge on any atom is 0.220 e. The number of hydrogen-bond donors (Lipinski definition) is 1. The van der Waals surface area contributed by atoms with E-state index in [9.17, 15) is 13.2 Å². The van der Waals surface area contributed by atoms with E-state index in [0.29, 0.717) is 30.9 Å². The number of amides is 1. The molecule has 1 atom stereocenters. The Hall–Kier alpha value is -1.27. The van der Waals surface area contributed by atoms with Crippen LogP contribution in [0.15, 0.2) is 18.2 Å². The third-order valence-electron chi connectivity index (χ3n) is 3.89. The topological polar surface area (TPSA) is 72.5 Å². The van der Waals surface area contributed by atoms with Gasteiger partial charge in [0.05, 0.1) is 23.7 Å². The fourth-order valence-electron chi connectivity index (χ4n) is 2.70. The van der Waals surface area contributed by atoms with Crippen LogP contribution >= 0.6 is 11.6 Å². The predicted molar refractivity (Wildman–Crippen MR) is 90.7 cm³/mol. The normalized spacial score (nSPS) is 22.7. The van der Waals surface area contributed by atoms with E-state index in [0.717, 1.165) is 11.3 Å². The highest BCUT2D eigenvalue weighted by Crippen LogP contribution is 2.23. The molecule has 1 aliphatic rings. The zero-order valence-electron chi connectivity index (χ0n) is 13.4. The van der Waals surface area contributed by atoms with Crippen LogP contribution in [-0.2, 0) is 14.6 Å². The Balaban J connectivity index is 1.73. The average molecular weight is 360 g/mol. The first-order chi connectivity index (χ1) is 10.7. The van der Waals surface area contributed by atoms with Gasteiger partial charge < -0.3 is 10.1 Å². The van der Waals surface area contributed by atoms with Gasteiger partial charge in [-0.1, -0.05) is 11.6 Å². The first-order valence-electron chi connectivity index (χ1n) is 7.60. The Bertz CT molecular complexity index is 689. The zero-order chi connectivity index (χ0) is 17.1. The number of hydrogen-bond acceptors (Lipinski definition) is 4. The molecule has 0 saturated carbocycles. The van der Waals surface area contributed by atoms with Crippen molar-refractivity contribution in [3.8, 4) is 5.75 Å². The van der Waals surface area contributed by atoms with Crippen LogP contribution < -0.4 is 10.1 Å². The largest absolute Gasteiger partial charge is 0.493 e. The molecule has 2 rings (SSSR count). The lowest BCUT2D eigenvalue weighted by Gasteiger charge is -2.23. The number of halogens is 1. The van der Waals surface area contributed by atoms with Crippen molar-refractivity contribution in [2.45, 2.75) is 38.6 Å². The number of nitrogens with one attached hydrogen (secondary N) is 1. The van der Waals surface area contributed by atoms with Gasteiger partial charge in [-0.15, -0.1) is 0 Å². The summed E-state index contributed by atoms with van der Waals surface area (Å²) in [6.45, 7) is 4.11. The molecule has 5 nitrogen and oxygen atoms in total. The second kappa shape index (κ2) is 7.09. The van der Waals surface area contributed by atoms with Crippen LogP contribution in [0.2, 0.25) is 5.02 Å². The van der Waals surface area contributed by atoms with E-state index >= 15 is 0 Å². The molecule has 1 aromatic rings. The van der Waals surface area contributed by atoms with Gasteiger partial charge in [-0.3, -0.25) is 4.79 Å². The van der Waals surface area contributed by atoms with Crippen molar-refractivity contribution in [2.24, 2.45) is 0 Å². The molecule has 1 aliphatic heterocycles. The lowest BCUT2D eigenvalue weighted by molar-refractivity contribution is -0.122. The van der Waals surface area contributed by atoms with E-state index < -0.39 is 15.4 Å². The average Bonchev–Trinajstić information content (AvgIpc) is 2.70. The summed E-state index contributed by atoms with van der Waals surface area (Å²) in [6, 6.07) is 5.39. The van der Waals surface area contributed by atoms with Gasteiger partial charge in [0.25, 0.3) is 0 Å². The van der Waals surface area contributed by atoms with E-state index in [1.165, 1.54) is 0 Å². The lowest BCUT2D eigenvalue weighted by atomic mass is 10.0. The smallest absolute Gasteiger partial charge is 0.220 e. The highest BCUT2D eigenvalue weighted by Gasteiger charge is 2.39. The fourth-order valence-corrected chi connectivity index (χ4v) is 5.02. The molecule has 1 saturated heterocycles. The minimum absolute atomic E-state index is 0.0200. The van der Waals surface area contributed by atoms with Crippen LogP contribution in [0.4, 0.5) is 0 Å². The molecule has 0 spiro atoms. The van der Waals surface area contributed by atoms with Crippen molar-refractivity contribution >= 4 is 27.3 Å². The van der Waals surface area contributed by atoms with Crippen molar-refractivity contribution in [3.05, 3.63) is 28.8 Å². The molecular formula is C16H22ClNO4S. The summed E-state index contributed by atoms with van der Waals surface area (Å²) in [6.07, 6.45) is 1.35. The summed E-state index contributed by atoms with van der Waals surface area (Å²) < 4.78 is 28.7. The number of rotatable bonds is 6. The summed E-state index contributed by atoms with van der Waals surface area (Å²) in [5.74, 6) is 0.777. The first-order valence-corrected chi connectivity index (χ1v) is 9.79. The van der Waals surface area contributed by atoms with Crippen LogP contribution in [0.1, 0.15) is 31.7 Å². The molecule has 1 fully saturated rings. The van der Waals surface area contributed by atoms with Crippen molar-refractivity contribution in [3.63, 3.8) is 0 Å². The Morgan fingerprint density at radius 2 is 2.17 bits per heavy atom. The summed E-state index contributed by atoms with van der Waals surface area (Å²) in [4.78, 5) is 12.0. The number of aryl methyl sites for hydroxylation is 1. The van der Waals surface area contributed by atoms with Gasteiger partial charge in [0, 0.05) is 11.4 Å². The second-order valence-electron chi connectivity index (χ2n) is 6.31. The summed E-state index contributed by atoms with van der Waals surface area (Å²) in [5.41, 5.74) is 0.314. The molecule has 0 radical (unpaired) electrons. The predicted octanol–water partition coefficient (Wildman–Crippen LogP) is 2.50. The van der Waals surface area contributed by atoms with Gasteiger partial charge in [-0.2, -0.15) is 0 Å². The van der Waals surface area contributed by atoms with E-state index in [4.69, 9.17) is 16.3 Å².